The van der Waals surface area contributed by atoms with Crippen LogP contribution >= 0.6 is 0 Å². The molecule has 0 spiro atoms. The fourth-order valence-electron chi connectivity index (χ4n) is 2.31. The molecule has 0 aromatic heterocycles. The molecule has 2 unspecified atom stereocenters. The van der Waals surface area contributed by atoms with Gasteiger partial charge in [-0.15, -0.1) is 0 Å². The fourth-order valence-corrected chi connectivity index (χ4v) is 2.31. The van der Waals surface area contributed by atoms with Crippen molar-refractivity contribution in [2.24, 2.45) is 11.7 Å². The highest BCUT2D eigenvalue weighted by molar-refractivity contribution is 4.84. The summed E-state index contributed by atoms with van der Waals surface area (Å²) in [4.78, 5) is 0. The first kappa shape index (κ1) is 9.44. The van der Waals surface area contributed by atoms with Crippen molar-refractivity contribution in [3.05, 3.63) is 0 Å². The molecule has 2 heterocycles. The Hall–Kier alpha value is -0.120. The predicted octanol–water partition coefficient (Wildman–Crippen LogP) is 0.919. The lowest BCUT2D eigenvalue weighted by molar-refractivity contribution is 0.0204. The van der Waals surface area contributed by atoms with Gasteiger partial charge in [-0.25, -0.2) is 0 Å². The summed E-state index contributed by atoms with van der Waals surface area (Å²) in [6.07, 6.45) is 4.88. The molecule has 2 aliphatic heterocycles. The zero-order chi connectivity index (χ0) is 9.10. The van der Waals surface area contributed by atoms with Crippen LogP contribution in [-0.2, 0) is 9.47 Å². The highest BCUT2D eigenvalue weighted by Crippen LogP contribution is 2.25. The van der Waals surface area contributed by atoms with Crippen LogP contribution in [0.4, 0.5) is 0 Å². The van der Waals surface area contributed by atoms with E-state index in [2.05, 4.69) is 0 Å². The second-order valence-corrected chi connectivity index (χ2v) is 4.08. The van der Waals surface area contributed by atoms with E-state index in [1.54, 1.807) is 0 Å². The molecule has 0 amide bonds. The van der Waals surface area contributed by atoms with E-state index < -0.39 is 0 Å². The summed E-state index contributed by atoms with van der Waals surface area (Å²) in [5, 5.41) is 0. The Bertz CT molecular complexity index is 151. The molecule has 2 N–H and O–H groups in total. The van der Waals surface area contributed by atoms with E-state index in [0.717, 1.165) is 39.1 Å². The summed E-state index contributed by atoms with van der Waals surface area (Å²) in [6, 6.07) is 0.242. The van der Waals surface area contributed by atoms with E-state index in [1.165, 1.54) is 6.42 Å². The van der Waals surface area contributed by atoms with E-state index in [0.29, 0.717) is 12.0 Å². The number of hydrogen-bond acceptors (Lipinski definition) is 3. The molecule has 0 radical (unpaired) electrons. The van der Waals surface area contributed by atoms with Gasteiger partial charge in [0.15, 0.2) is 0 Å². The van der Waals surface area contributed by atoms with Crippen molar-refractivity contribution < 1.29 is 9.47 Å². The van der Waals surface area contributed by atoms with E-state index in [4.69, 9.17) is 15.2 Å². The smallest absolute Gasteiger partial charge is 0.0729 e. The molecule has 2 saturated heterocycles. The summed E-state index contributed by atoms with van der Waals surface area (Å²) >= 11 is 0. The summed E-state index contributed by atoms with van der Waals surface area (Å²) in [6.45, 7) is 2.66. The maximum atomic E-state index is 6.17. The lowest BCUT2D eigenvalue weighted by Crippen LogP contribution is -2.43. The molecule has 3 nitrogen and oxygen atoms in total. The van der Waals surface area contributed by atoms with Gasteiger partial charge >= 0.3 is 0 Å². The Morgan fingerprint density at radius 1 is 1.08 bits per heavy atom. The van der Waals surface area contributed by atoms with Crippen molar-refractivity contribution in [1.82, 2.24) is 0 Å². The Kier molecular flexibility index (Phi) is 3.19. The highest BCUT2D eigenvalue weighted by Gasteiger charge is 2.30. The molecule has 0 bridgehead atoms. The van der Waals surface area contributed by atoms with Crippen LogP contribution in [0.2, 0.25) is 0 Å². The quantitative estimate of drug-likeness (QED) is 0.695. The Morgan fingerprint density at radius 3 is 2.46 bits per heavy atom. The summed E-state index contributed by atoms with van der Waals surface area (Å²) in [5.74, 6) is 0.622. The first-order chi connectivity index (χ1) is 6.38. The predicted molar refractivity (Wildman–Crippen MR) is 50.5 cm³/mol. The third-order valence-electron chi connectivity index (χ3n) is 3.20. The van der Waals surface area contributed by atoms with Crippen LogP contribution in [0.25, 0.3) is 0 Å². The second kappa shape index (κ2) is 4.40. The van der Waals surface area contributed by atoms with E-state index in [-0.39, 0.29) is 6.04 Å². The molecule has 2 fully saturated rings. The minimum Gasteiger partial charge on any atom is -0.381 e. The molecule has 2 atom stereocenters. The zero-order valence-electron chi connectivity index (χ0n) is 8.08. The number of nitrogens with two attached hydrogens (primary N) is 1. The summed E-state index contributed by atoms with van der Waals surface area (Å²) in [7, 11) is 0. The third kappa shape index (κ3) is 2.22. The van der Waals surface area contributed by atoms with Crippen LogP contribution in [0.3, 0.4) is 0 Å². The standard InChI is InChI=1S/C10H19NO2/c11-10(9-2-1-5-13-9)8-3-6-12-7-4-8/h8-10H,1-7,11H2. The van der Waals surface area contributed by atoms with E-state index in [1.807, 2.05) is 0 Å². The van der Waals surface area contributed by atoms with Crippen molar-refractivity contribution in [2.75, 3.05) is 19.8 Å². The fraction of sp³-hybridized carbons (Fsp3) is 1.00. The van der Waals surface area contributed by atoms with Crippen LogP contribution in [0.1, 0.15) is 25.7 Å². The van der Waals surface area contributed by atoms with Crippen molar-refractivity contribution >= 4 is 0 Å². The number of hydrogen-bond donors (Lipinski definition) is 1. The van der Waals surface area contributed by atoms with Gasteiger partial charge in [0.1, 0.15) is 0 Å². The molecule has 0 aromatic rings. The minimum absolute atomic E-state index is 0.242. The maximum absolute atomic E-state index is 6.17. The molecular weight excluding hydrogens is 166 g/mol. The van der Waals surface area contributed by atoms with Gasteiger partial charge in [-0.3, -0.25) is 0 Å². The first-order valence-corrected chi connectivity index (χ1v) is 5.33. The van der Waals surface area contributed by atoms with Gasteiger partial charge in [0.2, 0.25) is 0 Å². The first-order valence-electron chi connectivity index (χ1n) is 5.33. The lowest BCUT2D eigenvalue weighted by atomic mass is 9.88. The molecule has 76 valence electrons. The highest BCUT2D eigenvalue weighted by atomic mass is 16.5. The number of ether oxygens (including phenoxy) is 2. The Balaban J connectivity index is 1.83. The van der Waals surface area contributed by atoms with E-state index in [9.17, 15) is 0 Å². The summed E-state index contributed by atoms with van der Waals surface area (Å²) in [5.41, 5.74) is 6.17. The number of rotatable bonds is 2. The molecule has 2 rings (SSSR count). The largest absolute Gasteiger partial charge is 0.381 e. The Labute approximate surface area is 79.6 Å². The van der Waals surface area contributed by atoms with Gasteiger partial charge < -0.3 is 15.2 Å². The lowest BCUT2D eigenvalue weighted by Gasteiger charge is -2.30. The zero-order valence-corrected chi connectivity index (χ0v) is 8.08. The van der Waals surface area contributed by atoms with Crippen LogP contribution in [0.5, 0.6) is 0 Å². The van der Waals surface area contributed by atoms with Gasteiger partial charge in [0.05, 0.1) is 6.10 Å². The molecule has 2 aliphatic rings. The van der Waals surface area contributed by atoms with Crippen LogP contribution in [-0.4, -0.2) is 32.0 Å². The Morgan fingerprint density at radius 2 is 1.85 bits per heavy atom. The third-order valence-corrected chi connectivity index (χ3v) is 3.20. The van der Waals surface area contributed by atoms with E-state index >= 15 is 0 Å². The molecule has 13 heavy (non-hydrogen) atoms. The molecule has 0 aliphatic carbocycles. The van der Waals surface area contributed by atoms with Gasteiger partial charge in [-0.1, -0.05) is 0 Å². The van der Waals surface area contributed by atoms with Crippen LogP contribution < -0.4 is 5.73 Å². The molecule has 0 saturated carbocycles. The van der Waals surface area contributed by atoms with Crippen LogP contribution in [0, 0.1) is 5.92 Å². The SMILES string of the molecule is NC(C1CCOCC1)C1CCCO1. The van der Waals surface area contributed by atoms with Crippen LogP contribution in [0.15, 0.2) is 0 Å². The topological polar surface area (TPSA) is 44.5 Å². The monoisotopic (exact) mass is 185 g/mol. The average molecular weight is 185 g/mol. The minimum atomic E-state index is 0.242. The van der Waals surface area contributed by atoms with Crippen molar-refractivity contribution in [3.63, 3.8) is 0 Å². The van der Waals surface area contributed by atoms with Gasteiger partial charge in [0.25, 0.3) is 0 Å². The average Bonchev–Trinajstić information content (AvgIpc) is 2.71. The molecule has 3 heteroatoms. The summed E-state index contributed by atoms with van der Waals surface area (Å²) < 4.78 is 10.9. The van der Waals surface area contributed by atoms with Crippen molar-refractivity contribution in [2.45, 2.75) is 37.8 Å². The molecular formula is C10H19NO2. The van der Waals surface area contributed by atoms with Gasteiger partial charge in [-0.2, -0.15) is 0 Å². The second-order valence-electron chi connectivity index (χ2n) is 4.08. The molecule has 0 aromatic carbocycles. The normalized spacial score (nSPS) is 33.5. The van der Waals surface area contributed by atoms with Crippen molar-refractivity contribution in [3.8, 4) is 0 Å². The maximum Gasteiger partial charge on any atom is 0.0729 e. The van der Waals surface area contributed by atoms with Gasteiger partial charge in [0, 0.05) is 25.9 Å². The van der Waals surface area contributed by atoms with Gasteiger partial charge in [-0.05, 0) is 31.6 Å². The van der Waals surface area contributed by atoms with Crippen molar-refractivity contribution in [1.29, 1.82) is 0 Å².